The molecule has 0 amide bonds. The first-order valence-corrected chi connectivity index (χ1v) is 6.99. The molecule has 1 saturated carbocycles. The summed E-state index contributed by atoms with van der Waals surface area (Å²) in [6, 6.07) is 2.68. The van der Waals surface area contributed by atoms with Crippen molar-refractivity contribution in [1.29, 1.82) is 0 Å². The van der Waals surface area contributed by atoms with Crippen LogP contribution in [0, 0.1) is 12.8 Å². The second kappa shape index (κ2) is 5.30. The van der Waals surface area contributed by atoms with Crippen molar-refractivity contribution in [2.45, 2.75) is 44.8 Å². The Kier molecular flexibility index (Phi) is 4.00. The number of rotatable bonds is 3. The van der Waals surface area contributed by atoms with Gasteiger partial charge in [0.25, 0.3) is 0 Å². The minimum Gasteiger partial charge on any atom is -0.393 e. The quantitative estimate of drug-likeness (QED) is 0.850. The first-order chi connectivity index (χ1) is 7.72. The monoisotopic (exact) mass is 239 g/mol. The lowest BCUT2D eigenvalue weighted by Crippen LogP contribution is -2.29. The zero-order valence-electron chi connectivity index (χ0n) is 10.1. The highest BCUT2D eigenvalue weighted by atomic mass is 32.1. The van der Waals surface area contributed by atoms with Crippen LogP contribution >= 0.6 is 11.3 Å². The van der Waals surface area contributed by atoms with Gasteiger partial charge in [0.15, 0.2) is 0 Å². The van der Waals surface area contributed by atoms with Gasteiger partial charge < -0.3 is 10.4 Å². The first-order valence-electron chi connectivity index (χ1n) is 6.11. The molecule has 1 aliphatic carbocycles. The van der Waals surface area contributed by atoms with Crippen LogP contribution in [0.15, 0.2) is 11.4 Å². The Bertz CT molecular complexity index is 328. The Balaban J connectivity index is 2.08. The molecule has 1 fully saturated rings. The molecule has 2 N–H and O–H groups in total. The summed E-state index contributed by atoms with van der Waals surface area (Å²) in [5.41, 5.74) is 1.40. The molecule has 16 heavy (non-hydrogen) atoms. The third-order valence-corrected chi connectivity index (χ3v) is 4.81. The lowest BCUT2D eigenvalue weighted by atomic mass is 9.81. The molecular formula is C13H21NOS. The molecule has 90 valence electrons. The molecule has 1 heterocycles. The van der Waals surface area contributed by atoms with E-state index in [4.69, 9.17) is 0 Å². The van der Waals surface area contributed by atoms with Gasteiger partial charge in [-0.15, -0.1) is 11.3 Å². The highest BCUT2D eigenvalue weighted by Gasteiger charge is 2.28. The Hall–Kier alpha value is -0.380. The van der Waals surface area contributed by atoms with Crippen LogP contribution in [0.5, 0.6) is 0 Å². The van der Waals surface area contributed by atoms with Crippen LogP contribution in [0.2, 0.25) is 0 Å². The number of thiophene rings is 1. The number of aliphatic hydroxyl groups is 1. The van der Waals surface area contributed by atoms with Crippen molar-refractivity contribution < 1.29 is 5.11 Å². The molecule has 1 aromatic rings. The van der Waals surface area contributed by atoms with Crippen molar-refractivity contribution in [3.63, 3.8) is 0 Å². The maximum Gasteiger partial charge on any atom is 0.0540 e. The molecule has 0 aromatic carbocycles. The second-order valence-corrected chi connectivity index (χ2v) is 5.75. The van der Waals surface area contributed by atoms with Gasteiger partial charge in [0.05, 0.1) is 6.10 Å². The van der Waals surface area contributed by atoms with Crippen LogP contribution in [0.25, 0.3) is 0 Å². The van der Waals surface area contributed by atoms with Crippen LogP contribution in [-0.2, 0) is 0 Å². The third kappa shape index (κ3) is 2.47. The Morgan fingerprint density at radius 1 is 1.38 bits per heavy atom. The minimum absolute atomic E-state index is 0.0572. The van der Waals surface area contributed by atoms with E-state index in [1.165, 1.54) is 10.4 Å². The van der Waals surface area contributed by atoms with Crippen LogP contribution in [-0.4, -0.2) is 18.3 Å². The Labute approximate surface area is 102 Å². The maximum absolute atomic E-state index is 9.55. The van der Waals surface area contributed by atoms with Crippen LogP contribution in [0.4, 0.5) is 0 Å². The van der Waals surface area contributed by atoms with Crippen LogP contribution in [0.3, 0.4) is 0 Å². The average Bonchev–Trinajstić information content (AvgIpc) is 2.69. The molecule has 1 unspecified atom stereocenters. The Morgan fingerprint density at radius 2 is 2.06 bits per heavy atom. The van der Waals surface area contributed by atoms with Gasteiger partial charge in [-0.2, -0.15) is 0 Å². The fourth-order valence-corrected chi connectivity index (χ4v) is 3.85. The van der Waals surface area contributed by atoms with Gasteiger partial charge in [-0.05, 0) is 62.6 Å². The SMILES string of the molecule is CNC(c1sccc1C)C1CCC(O)CC1. The van der Waals surface area contributed by atoms with Crippen molar-refractivity contribution in [2.24, 2.45) is 5.92 Å². The molecule has 1 atom stereocenters. The van der Waals surface area contributed by atoms with Crippen LogP contribution < -0.4 is 5.32 Å². The normalized spacial score (nSPS) is 27.9. The van der Waals surface area contributed by atoms with E-state index in [0.717, 1.165) is 25.7 Å². The number of aliphatic hydroxyl groups excluding tert-OH is 1. The van der Waals surface area contributed by atoms with E-state index < -0.39 is 0 Å². The van der Waals surface area contributed by atoms with Gasteiger partial charge in [-0.1, -0.05) is 0 Å². The fraction of sp³-hybridized carbons (Fsp3) is 0.692. The van der Waals surface area contributed by atoms with Crippen molar-refractivity contribution in [3.05, 3.63) is 21.9 Å². The lowest BCUT2D eigenvalue weighted by molar-refractivity contribution is 0.0985. The summed E-state index contributed by atoms with van der Waals surface area (Å²) < 4.78 is 0. The van der Waals surface area contributed by atoms with Crippen molar-refractivity contribution in [1.82, 2.24) is 5.32 Å². The Morgan fingerprint density at radius 3 is 2.56 bits per heavy atom. The second-order valence-electron chi connectivity index (χ2n) is 4.80. The largest absolute Gasteiger partial charge is 0.393 e. The summed E-state index contributed by atoms with van der Waals surface area (Å²) in [5.74, 6) is 0.686. The van der Waals surface area contributed by atoms with E-state index in [0.29, 0.717) is 12.0 Å². The van der Waals surface area contributed by atoms with Gasteiger partial charge in [-0.25, -0.2) is 0 Å². The van der Waals surface area contributed by atoms with E-state index in [-0.39, 0.29) is 6.10 Å². The zero-order valence-corrected chi connectivity index (χ0v) is 10.9. The highest BCUT2D eigenvalue weighted by molar-refractivity contribution is 7.10. The summed E-state index contributed by atoms with van der Waals surface area (Å²) >= 11 is 1.85. The average molecular weight is 239 g/mol. The van der Waals surface area contributed by atoms with Crippen LogP contribution in [0.1, 0.15) is 42.2 Å². The molecule has 1 aliphatic rings. The summed E-state index contributed by atoms with van der Waals surface area (Å²) in [6.45, 7) is 2.19. The summed E-state index contributed by atoms with van der Waals surface area (Å²) in [7, 11) is 2.05. The van der Waals surface area contributed by atoms with E-state index in [2.05, 4.69) is 30.7 Å². The number of hydrogen-bond acceptors (Lipinski definition) is 3. The number of aryl methyl sites for hydroxylation is 1. The molecule has 0 radical (unpaired) electrons. The van der Waals surface area contributed by atoms with Crippen molar-refractivity contribution in [2.75, 3.05) is 7.05 Å². The molecule has 0 aliphatic heterocycles. The molecule has 0 spiro atoms. The standard InChI is InChI=1S/C13H21NOS/c1-9-7-8-16-13(9)12(14-2)10-3-5-11(15)6-4-10/h7-8,10-12,14-15H,3-6H2,1-2H3. The molecule has 0 bridgehead atoms. The van der Waals surface area contributed by atoms with Crippen molar-refractivity contribution in [3.8, 4) is 0 Å². The van der Waals surface area contributed by atoms with Gasteiger partial charge in [0.1, 0.15) is 0 Å². The molecule has 2 nitrogen and oxygen atoms in total. The van der Waals surface area contributed by atoms with E-state index >= 15 is 0 Å². The smallest absolute Gasteiger partial charge is 0.0540 e. The molecule has 3 heteroatoms. The molecule has 2 rings (SSSR count). The summed E-state index contributed by atoms with van der Waals surface area (Å²) in [5, 5.41) is 15.2. The van der Waals surface area contributed by atoms with Crippen molar-refractivity contribution >= 4 is 11.3 Å². The predicted molar refractivity (Wildman–Crippen MR) is 68.8 cm³/mol. The third-order valence-electron chi connectivity index (χ3n) is 3.71. The molecule has 1 aromatic heterocycles. The summed E-state index contributed by atoms with van der Waals surface area (Å²) in [4.78, 5) is 1.48. The predicted octanol–water partition coefficient (Wildman–Crippen LogP) is 2.87. The van der Waals surface area contributed by atoms with Gasteiger partial charge in [-0.3, -0.25) is 0 Å². The number of nitrogens with one attached hydrogen (secondary N) is 1. The fourth-order valence-electron chi connectivity index (χ4n) is 2.72. The first kappa shape index (κ1) is 12.1. The molecule has 0 saturated heterocycles. The minimum atomic E-state index is -0.0572. The topological polar surface area (TPSA) is 32.3 Å². The number of hydrogen-bond donors (Lipinski definition) is 2. The maximum atomic E-state index is 9.55. The lowest BCUT2D eigenvalue weighted by Gasteiger charge is -2.32. The van der Waals surface area contributed by atoms with E-state index in [1.54, 1.807) is 0 Å². The van der Waals surface area contributed by atoms with Gasteiger partial charge in [0, 0.05) is 10.9 Å². The highest BCUT2D eigenvalue weighted by Crippen LogP contribution is 2.37. The van der Waals surface area contributed by atoms with Gasteiger partial charge >= 0.3 is 0 Å². The molecular weight excluding hydrogens is 218 g/mol. The van der Waals surface area contributed by atoms with Gasteiger partial charge in [0.2, 0.25) is 0 Å². The van der Waals surface area contributed by atoms with E-state index in [9.17, 15) is 5.11 Å². The zero-order chi connectivity index (χ0) is 11.5. The summed E-state index contributed by atoms with van der Waals surface area (Å²) in [6.07, 6.45) is 4.16. The van der Waals surface area contributed by atoms with E-state index in [1.807, 2.05) is 11.3 Å².